The van der Waals surface area contributed by atoms with Crippen molar-refractivity contribution in [1.82, 2.24) is 4.90 Å². The normalized spacial score (nSPS) is 16.3. The Balaban J connectivity index is 2.09. The Morgan fingerprint density at radius 3 is 2.19 bits per heavy atom. The molecule has 37 heavy (non-hydrogen) atoms. The third kappa shape index (κ3) is 6.68. The van der Waals surface area contributed by atoms with Gasteiger partial charge in [-0.25, -0.2) is 4.79 Å². The highest BCUT2D eigenvalue weighted by molar-refractivity contribution is 6.34. The van der Waals surface area contributed by atoms with Gasteiger partial charge in [0.1, 0.15) is 0 Å². The van der Waals surface area contributed by atoms with E-state index in [1.54, 1.807) is 32.0 Å². The number of para-hydroxylation sites is 1. The molecule has 0 spiro atoms. The van der Waals surface area contributed by atoms with E-state index in [1.807, 2.05) is 0 Å². The minimum Gasteiger partial charge on any atom is -0.446 e. The smallest absolute Gasteiger partial charge is 0.416 e. The topological polar surface area (TPSA) is 49.9 Å². The summed E-state index contributed by atoms with van der Waals surface area (Å²) in [5, 5.41) is 0.187. The van der Waals surface area contributed by atoms with Gasteiger partial charge in [0, 0.05) is 25.6 Å². The van der Waals surface area contributed by atoms with Crippen molar-refractivity contribution >= 4 is 29.3 Å². The van der Waals surface area contributed by atoms with Crippen LogP contribution in [-0.2, 0) is 28.4 Å². The molecule has 5 nitrogen and oxygen atoms in total. The third-order valence-electron chi connectivity index (χ3n) is 5.84. The van der Waals surface area contributed by atoms with Gasteiger partial charge >= 0.3 is 18.4 Å². The molecule has 0 fully saturated rings. The highest BCUT2D eigenvalue weighted by atomic mass is 35.5. The molecule has 1 heterocycles. The summed E-state index contributed by atoms with van der Waals surface area (Å²) in [5.74, 6) is -0.569. The summed E-state index contributed by atoms with van der Waals surface area (Å²) in [6.45, 7) is 4.20. The minimum atomic E-state index is -5.02. The number of amides is 2. The first-order valence-corrected chi connectivity index (χ1v) is 11.8. The first-order valence-electron chi connectivity index (χ1n) is 11.4. The van der Waals surface area contributed by atoms with Gasteiger partial charge in [-0.15, -0.1) is 0 Å². The molecule has 202 valence electrons. The molecule has 2 aromatic rings. The second-order valence-electron chi connectivity index (χ2n) is 8.98. The maximum atomic E-state index is 13.4. The third-order valence-corrected chi connectivity index (χ3v) is 6.15. The molecule has 12 heteroatoms. The number of hydrogen-bond acceptors (Lipinski definition) is 3. The van der Waals surface area contributed by atoms with Crippen LogP contribution in [-0.4, -0.2) is 29.5 Å². The number of hydrogen-bond donors (Lipinski definition) is 0. The summed E-state index contributed by atoms with van der Waals surface area (Å²) in [7, 11) is 0. The fourth-order valence-corrected chi connectivity index (χ4v) is 4.60. The van der Waals surface area contributed by atoms with Gasteiger partial charge in [-0.1, -0.05) is 23.7 Å². The average Bonchev–Trinajstić information content (AvgIpc) is 2.96. The van der Waals surface area contributed by atoms with Gasteiger partial charge in [-0.3, -0.25) is 9.69 Å². The minimum absolute atomic E-state index is 0.0422. The van der Waals surface area contributed by atoms with Gasteiger partial charge in [0.2, 0.25) is 5.91 Å². The van der Waals surface area contributed by atoms with Gasteiger partial charge < -0.3 is 9.64 Å². The van der Waals surface area contributed by atoms with Crippen LogP contribution in [0, 0.1) is 0 Å². The number of halogens is 7. The molecular weight excluding hydrogens is 526 g/mol. The Morgan fingerprint density at radius 1 is 1.08 bits per heavy atom. The van der Waals surface area contributed by atoms with Crippen molar-refractivity contribution in [3.8, 4) is 0 Å². The number of rotatable bonds is 4. The second kappa shape index (κ2) is 10.8. The van der Waals surface area contributed by atoms with E-state index in [0.717, 1.165) is 0 Å². The number of fused-ring (bicyclic) bond motifs is 1. The number of nitrogens with zero attached hydrogens (tertiary/aromatic N) is 2. The summed E-state index contributed by atoms with van der Waals surface area (Å²) < 4.78 is 85.6. The maximum Gasteiger partial charge on any atom is 0.416 e. The Labute approximate surface area is 214 Å². The zero-order valence-corrected chi connectivity index (χ0v) is 21.0. The first kappa shape index (κ1) is 28.6. The number of ether oxygens (including phenoxy) is 1. The molecule has 0 aromatic heterocycles. The van der Waals surface area contributed by atoms with Crippen molar-refractivity contribution in [2.75, 3.05) is 11.4 Å². The number of carbonyl (C=O) groups excluding carboxylic acids is 2. The molecule has 1 aliphatic rings. The van der Waals surface area contributed by atoms with Crippen LogP contribution in [0.1, 0.15) is 61.9 Å². The summed E-state index contributed by atoms with van der Waals surface area (Å²) in [4.78, 5) is 28.0. The van der Waals surface area contributed by atoms with Gasteiger partial charge in [0.25, 0.3) is 0 Å². The number of alkyl halides is 6. The molecule has 1 aliphatic heterocycles. The highest BCUT2D eigenvalue weighted by Crippen LogP contribution is 2.42. The van der Waals surface area contributed by atoms with Crippen LogP contribution in [0.25, 0.3) is 0 Å². The molecule has 0 aliphatic carbocycles. The summed E-state index contributed by atoms with van der Waals surface area (Å²) >= 11 is 6.44. The van der Waals surface area contributed by atoms with E-state index in [0.29, 0.717) is 24.1 Å². The SMILES string of the molecule is CC(=O)N(Cc1cc(C(F)(F)F)cc(C(F)(F)F)c1)C1CCCN(C(=O)OC(C)C)c2c(Cl)cccc21. The number of carbonyl (C=O) groups is 2. The maximum absolute atomic E-state index is 13.4. The lowest BCUT2D eigenvalue weighted by molar-refractivity contribution is -0.143. The van der Waals surface area contributed by atoms with Gasteiger partial charge in [0.05, 0.1) is 34.0 Å². The molecule has 0 N–H and O–H groups in total. The van der Waals surface area contributed by atoms with Crippen LogP contribution in [0.5, 0.6) is 0 Å². The second-order valence-corrected chi connectivity index (χ2v) is 9.39. The summed E-state index contributed by atoms with van der Waals surface area (Å²) in [6, 6.07) is 5.23. The predicted octanol–water partition coefficient (Wildman–Crippen LogP) is 7.61. The van der Waals surface area contributed by atoms with E-state index < -0.39 is 54.2 Å². The van der Waals surface area contributed by atoms with E-state index in [1.165, 1.54) is 16.7 Å². The Morgan fingerprint density at radius 2 is 1.68 bits per heavy atom. The fourth-order valence-electron chi connectivity index (χ4n) is 4.32. The molecule has 0 radical (unpaired) electrons. The van der Waals surface area contributed by atoms with Gasteiger partial charge in [-0.2, -0.15) is 26.3 Å². The zero-order chi connectivity index (χ0) is 27.7. The molecule has 0 bridgehead atoms. The Kier molecular flexibility index (Phi) is 8.36. The largest absolute Gasteiger partial charge is 0.446 e. The lowest BCUT2D eigenvalue weighted by Gasteiger charge is -2.33. The van der Waals surface area contributed by atoms with Crippen molar-refractivity contribution in [3.63, 3.8) is 0 Å². The average molecular weight is 551 g/mol. The van der Waals surface area contributed by atoms with Crippen LogP contribution in [0.15, 0.2) is 36.4 Å². The quantitative estimate of drug-likeness (QED) is 0.368. The van der Waals surface area contributed by atoms with Crippen LogP contribution in [0.2, 0.25) is 5.02 Å². The zero-order valence-electron chi connectivity index (χ0n) is 20.2. The monoisotopic (exact) mass is 550 g/mol. The van der Waals surface area contributed by atoms with E-state index in [2.05, 4.69) is 0 Å². The molecule has 1 unspecified atom stereocenters. The molecule has 3 rings (SSSR count). The summed E-state index contributed by atoms with van der Waals surface area (Å²) in [6.07, 6.45) is -10.5. The van der Waals surface area contributed by atoms with Crippen molar-refractivity contribution in [1.29, 1.82) is 0 Å². The molecule has 0 saturated heterocycles. The summed E-state index contributed by atoms with van der Waals surface area (Å²) in [5.41, 5.74) is -2.55. The van der Waals surface area contributed by atoms with E-state index >= 15 is 0 Å². The van der Waals surface area contributed by atoms with Crippen LogP contribution in [0.3, 0.4) is 0 Å². The van der Waals surface area contributed by atoms with Crippen LogP contribution in [0.4, 0.5) is 36.8 Å². The lowest BCUT2D eigenvalue weighted by atomic mass is 9.98. The van der Waals surface area contributed by atoms with Crippen molar-refractivity contribution in [3.05, 3.63) is 63.7 Å². The van der Waals surface area contributed by atoms with Gasteiger partial charge in [-0.05, 0) is 56.5 Å². The standard InChI is InChI=1S/C25H25ClF6N2O3/c1-14(2)37-23(36)33-9-5-8-21(19-6-4-7-20(26)22(19)33)34(15(3)35)13-16-10-17(24(27,28)29)12-18(11-16)25(30,31)32/h4,6-7,10-12,14,21H,5,8-9,13H2,1-3H3. The van der Waals surface area contributed by atoms with Crippen molar-refractivity contribution < 1.29 is 40.7 Å². The lowest BCUT2D eigenvalue weighted by Crippen LogP contribution is -2.35. The van der Waals surface area contributed by atoms with E-state index in [4.69, 9.17) is 16.3 Å². The number of anilines is 1. The highest BCUT2D eigenvalue weighted by Gasteiger charge is 2.38. The fraction of sp³-hybridized carbons (Fsp3) is 0.440. The van der Waals surface area contributed by atoms with E-state index in [-0.39, 0.29) is 35.3 Å². The van der Waals surface area contributed by atoms with Crippen molar-refractivity contribution in [2.45, 2.75) is 64.7 Å². The van der Waals surface area contributed by atoms with E-state index in [9.17, 15) is 35.9 Å². The van der Waals surface area contributed by atoms with Crippen molar-refractivity contribution in [2.24, 2.45) is 0 Å². The molecule has 2 aromatic carbocycles. The first-order chi connectivity index (χ1) is 17.1. The Hall–Kier alpha value is -2.95. The van der Waals surface area contributed by atoms with Crippen LogP contribution < -0.4 is 4.90 Å². The predicted molar refractivity (Wildman–Crippen MR) is 125 cm³/mol. The van der Waals surface area contributed by atoms with Crippen LogP contribution >= 0.6 is 11.6 Å². The van der Waals surface area contributed by atoms with Gasteiger partial charge in [0.15, 0.2) is 0 Å². The molecule has 2 amide bonds. The molecule has 0 saturated carbocycles. The molecular formula is C25H25ClF6N2O3. The Bertz CT molecular complexity index is 1130. The number of benzene rings is 2. The molecule has 1 atom stereocenters.